The molecule has 1 amide bonds. The zero-order chi connectivity index (χ0) is 18.7. The van der Waals surface area contributed by atoms with E-state index in [1.807, 2.05) is 16.8 Å². The zero-order valence-electron chi connectivity index (χ0n) is 14.4. The van der Waals surface area contributed by atoms with E-state index in [2.05, 4.69) is 5.32 Å². The van der Waals surface area contributed by atoms with Gasteiger partial charge in [0.05, 0.1) is 24.1 Å². The Kier molecular flexibility index (Phi) is 5.64. The number of ether oxygens (including phenoxy) is 1. The molecule has 1 aromatic carbocycles. The molecule has 0 aliphatic rings. The van der Waals surface area contributed by atoms with Gasteiger partial charge in [-0.2, -0.15) is 11.3 Å². The first-order chi connectivity index (χ1) is 12.5. The molecule has 0 aliphatic carbocycles. The highest BCUT2D eigenvalue weighted by Crippen LogP contribution is 2.31. The minimum atomic E-state index is -0.521. The number of fused-ring (bicyclic) bond motifs is 1. The molecule has 136 valence electrons. The van der Waals surface area contributed by atoms with Gasteiger partial charge in [-0.05, 0) is 47.4 Å². The standard InChI is InChI=1S/C19H18ClNO4S/c1-11-13-7-15(20)17(24-2)9-16(13)25-19(23)14(11)8-18(22)21-5-3-12-4-6-26-10-12/h4,6-7,9-10H,3,5,8H2,1-2H3,(H,21,22). The van der Waals surface area contributed by atoms with Crippen molar-refractivity contribution in [1.82, 2.24) is 5.32 Å². The minimum absolute atomic E-state index is 0.0304. The molecule has 1 N–H and O–H groups in total. The summed E-state index contributed by atoms with van der Waals surface area (Å²) in [4.78, 5) is 24.5. The Morgan fingerprint density at radius 1 is 1.38 bits per heavy atom. The van der Waals surface area contributed by atoms with Crippen molar-refractivity contribution in [2.24, 2.45) is 0 Å². The average molecular weight is 392 g/mol. The van der Waals surface area contributed by atoms with Crippen LogP contribution in [0.5, 0.6) is 5.75 Å². The summed E-state index contributed by atoms with van der Waals surface area (Å²) in [6, 6.07) is 5.29. The maximum Gasteiger partial charge on any atom is 0.340 e. The Morgan fingerprint density at radius 3 is 2.88 bits per heavy atom. The van der Waals surface area contributed by atoms with Crippen LogP contribution in [0, 0.1) is 6.92 Å². The van der Waals surface area contributed by atoms with Crippen molar-refractivity contribution in [3.05, 3.63) is 61.1 Å². The second kappa shape index (κ2) is 7.93. The lowest BCUT2D eigenvalue weighted by atomic mass is 10.0. The van der Waals surface area contributed by atoms with Gasteiger partial charge in [-0.15, -0.1) is 0 Å². The highest BCUT2D eigenvalue weighted by Gasteiger charge is 2.16. The minimum Gasteiger partial charge on any atom is -0.495 e. The van der Waals surface area contributed by atoms with Gasteiger partial charge >= 0.3 is 5.63 Å². The second-order valence-corrected chi connectivity index (χ2v) is 7.07. The molecule has 0 saturated carbocycles. The molecule has 5 nitrogen and oxygen atoms in total. The van der Waals surface area contributed by atoms with Gasteiger partial charge in [-0.3, -0.25) is 4.79 Å². The van der Waals surface area contributed by atoms with E-state index in [0.717, 1.165) is 6.42 Å². The van der Waals surface area contributed by atoms with Crippen molar-refractivity contribution in [2.45, 2.75) is 19.8 Å². The SMILES string of the molecule is COc1cc2oc(=O)c(CC(=O)NCCc3ccsc3)c(C)c2cc1Cl. The monoisotopic (exact) mass is 391 g/mol. The van der Waals surface area contributed by atoms with Crippen molar-refractivity contribution in [2.75, 3.05) is 13.7 Å². The van der Waals surface area contributed by atoms with Crippen molar-refractivity contribution >= 4 is 39.8 Å². The predicted octanol–water partition coefficient (Wildman–Crippen LogP) is 3.73. The predicted molar refractivity (Wildman–Crippen MR) is 104 cm³/mol. The molecule has 3 rings (SSSR count). The molecule has 0 unspecified atom stereocenters. The molecular formula is C19H18ClNO4S. The maximum atomic E-state index is 12.3. The van der Waals surface area contributed by atoms with Crippen LogP contribution in [0.4, 0.5) is 0 Å². The molecule has 2 aromatic heterocycles. The first kappa shape index (κ1) is 18.5. The number of hydrogen-bond acceptors (Lipinski definition) is 5. The Labute approximate surface area is 159 Å². The quantitative estimate of drug-likeness (QED) is 0.650. The summed E-state index contributed by atoms with van der Waals surface area (Å²) >= 11 is 7.79. The number of nitrogens with one attached hydrogen (secondary N) is 1. The number of thiophene rings is 1. The number of rotatable bonds is 6. The number of halogens is 1. The van der Waals surface area contributed by atoms with Gasteiger partial charge in [0.25, 0.3) is 0 Å². The van der Waals surface area contributed by atoms with Gasteiger partial charge in [0.15, 0.2) is 0 Å². The zero-order valence-corrected chi connectivity index (χ0v) is 16.0. The van der Waals surface area contributed by atoms with Crippen molar-refractivity contribution in [1.29, 1.82) is 0 Å². The molecule has 0 atom stereocenters. The number of methoxy groups -OCH3 is 1. The van der Waals surface area contributed by atoms with E-state index < -0.39 is 5.63 Å². The molecule has 3 aromatic rings. The first-order valence-corrected chi connectivity index (χ1v) is 9.39. The summed E-state index contributed by atoms with van der Waals surface area (Å²) in [7, 11) is 1.49. The maximum absolute atomic E-state index is 12.3. The van der Waals surface area contributed by atoms with Gasteiger partial charge in [-0.25, -0.2) is 4.79 Å². The highest BCUT2D eigenvalue weighted by molar-refractivity contribution is 7.07. The number of carbonyl (C=O) groups is 1. The summed E-state index contributed by atoms with van der Waals surface area (Å²) in [5.41, 5.74) is 2.07. The number of aryl methyl sites for hydroxylation is 1. The molecule has 0 fully saturated rings. The Balaban J connectivity index is 1.78. The number of carbonyl (C=O) groups excluding carboxylic acids is 1. The van der Waals surface area contributed by atoms with E-state index in [1.165, 1.54) is 12.7 Å². The van der Waals surface area contributed by atoms with Crippen LogP contribution in [0.1, 0.15) is 16.7 Å². The Hall–Kier alpha value is -2.31. The third-order valence-corrected chi connectivity index (χ3v) is 5.24. The van der Waals surface area contributed by atoms with Gasteiger partial charge in [0.1, 0.15) is 11.3 Å². The van der Waals surface area contributed by atoms with Crippen LogP contribution in [0.3, 0.4) is 0 Å². The van der Waals surface area contributed by atoms with E-state index in [1.54, 1.807) is 30.4 Å². The first-order valence-electron chi connectivity index (χ1n) is 8.07. The third-order valence-electron chi connectivity index (χ3n) is 4.21. The molecule has 0 saturated heterocycles. The van der Waals surface area contributed by atoms with Crippen LogP contribution in [-0.2, 0) is 17.6 Å². The largest absolute Gasteiger partial charge is 0.495 e. The lowest BCUT2D eigenvalue weighted by Crippen LogP contribution is -2.29. The number of hydrogen-bond donors (Lipinski definition) is 1. The molecule has 7 heteroatoms. The van der Waals surface area contributed by atoms with E-state index in [0.29, 0.717) is 39.4 Å². The summed E-state index contributed by atoms with van der Waals surface area (Å²) < 4.78 is 10.5. The fraction of sp³-hybridized carbons (Fsp3) is 0.263. The van der Waals surface area contributed by atoms with E-state index in [-0.39, 0.29) is 12.3 Å². The van der Waals surface area contributed by atoms with Crippen LogP contribution >= 0.6 is 22.9 Å². The molecule has 0 spiro atoms. The fourth-order valence-corrected chi connectivity index (χ4v) is 3.70. The lowest BCUT2D eigenvalue weighted by Gasteiger charge is -2.10. The van der Waals surface area contributed by atoms with E-state index in [4.69, 9.17) is 20.8 Å². The summed E-state index contributed by atoms with van der Waals surface area (Å²) in [6.07, 6.45) is 0.730. The smallest absolute Gasteiger partial charge is 0.340 e. The fourth-order valence-electron chi connectivity index (χ4n) is 2.75. The Morgan fingerprint density at radius 2 is 2.19 bits per heavy atom. The summed E-state index contributed by atoms with van der Waals surface area (Å²) in [5, 5.41) is 8.00. The molecule has 26 heavy (non-hydrogen) atoms. The van der Waals surface area contributed by atoms with Crippen molar-refractivity contribution < 1.29 is 13.9 Å². The molecule has 0 bridgehead atoms. The van der Waals surface area contributed by atoms with Gasteiger partial charge in [0, 0.05) is 18.0 Å². The van der Waals surface area contributed by atoms with Crippen LogP contribution < -0.4 is 15.7 Å². The normalized spacial score (nSPS) is 10.9. The van der Waals surface area contributed by atoms with Gasteiger partial charge < -0.3 is 14.5 Å². The van der Waals surface area contributed by atoms with Crippen LogP contribution in [0.2, 0.25) is 5.02 Å². The summed E-state index contributed by atoms with van der Waals surface area (Å²) in [5.74, 6) is 0.218. The molecule has 2 heterocycles. The lowest BCUT2D eigenvalue weighted by molar-refractivity contribution is -0.120. The Bertz CT molecular complexity index is 995. The van der Waals surface area contributed by atoms with Crippen molar-refractivity contribution in [3.63, 3.8) is 0 Å². The van der Waals surface area contributed by atoms with Gasteiger partial charge in [0.2, 0.25) is 5.91 Å². The molecule has 0 aliphatic heterocycles. The highest BCUT2D eigenvalue weighted by atomic mass is 35.5. The molecule has 0 radical (unpaired) electrons. The van der Waals surface area contributed by atoms with E-state index >= 15 is 0 Å². The van der Waals surface area contributed by atoms with Crippen molar-refractivity contribution in [3.8, 4) is 5.75 Å². The molecular weight excluding hydrogens is 374 g/mol. The average Bonchev–Trinajstić information content (AvgIpc) is 3.12. The third kappa shape index (κ3) is 3.92. The second-order valence-electron chi connectivity index (χ2n) is 5.88. The van der Waals surface area contributed by atoms with Crippen LogP contribution in [0.15, 0.2) is 38.2 Å². The number of amides is 1. The van der Waals surface area contributed by atoms with Crippen LogP contribution in [-0.4, -0.2) is 19.6 Å². The van der Waals surface area contributed by atoms with Crippen LogP contribution in [0.25, 0.3) is 11.0 Å². The topological polar surface area (TPSA) is 68.5 Å². The van der Waals surface area contributed by atoms with Gasteiger partial charge in [-0.1, -0.05) is 11.6 Å². The van der Waals surface area contributed by atoms with E-state index in [9.17, 15) is 9.59 Å². The number of benzene rings is 1. The summed E-state index contributed by atoms with van der Waals surface area (Å²) in [6.45, 7) is 2.31.